The fourth-order valence-corrected chi connectivity index (χ4v) is 4.23. The van der Waals surface area contributed by atoms with Gasteiger partial charge in [0.1, 0.15) is 5.82 Å². The molecule has 32 heavy (non-hydrogen) atoms. The van der Waals surface area contributed by atoms with E-state index < -0.39 is 11.4 Å². The SMILES string of the molecule is CCCCc1nc(O)c(-c2nnc(Cc3csc(C)n3)o2)c(=O)n1[C@@H](C)c1ccccc1. The number of nitrogens with zero attached hydrogens (tertiary/aromatic N) is 5. The standard InChI is InChI=1S/C23H25N5O3S/c1-4-5-11-18-25-21(29)20(23(30)28(18)14(2)16-9-7-6-8-10-16)22-27-26-19(31-22)12-17-13-32-15(3)24-17/h6-10,13-14,29H,4-5,11-12H2,1-3H3/t14-/m0/s1. The van der Waals surface area contributed by atoms with E-state index in [4.69, 9.17) is 4.42 Å². The molecule has 0 spiro atoms. The summed E-state index contributed by atoms with van der Waals surface area (Å²) in [6, 6.07) is 9.45. The van der Waals surface area contributed by atoms with E-state index in [1.807, 2.05) is 49.6 Å². The van der Waals surface area contributed by atoms with Crippen LogP contribution >= 0.6 is 11.3 Å². The average Bonchev–Trinajstić information content (AvgIpc) is 3.41. The van der Waals surface area contributed by atoms with Gasteiger partial charge in [-0.15, -0.1) is 21.5 Å². The Morgan fingerprint density at radius 2 is 1.97 bits per heavy atom. The molecule has 1 aromatic carbocycles. The van der Waals surface area contributed by atoms with Gasteiger partial charge in [-0.25, -0.2) is 4.98 Å². The molecule has 4 aromatic rings. The Kier molecular flexibility index (Phi) is 6.45. The molecule has 0 fully saturated rings. The van der Waals surface area contributed by atoms with Gasteiger partial charge >= 0.3 is 0 Å². The molecule has 0 saturated carbocycles. The minimum absolute atomic E-state index is 0.0435. The molecular formula is C23H25N5O3S. The summed E-state index contributed by atoms with van der Waals surface area (Å²) >= 11 is 1.54. The van der Waals surface area contributed by atoms with Crippen LogP contribution in [-0.4, -0.2) is 29.8 Å². The van der Waals surface area contributed by atoms with Crippen molar-refractivity contribution in [3.05, 3.63) is 74.0 Å². The summed E-state index contributed by atoms with van der Waals surface area (Å²) in [7, 11) is 0. The third-order valence-electron chi connectivity index (χ3n) is 5.27. The van der Waals surface area contributed by atoms with Crippen LogP contribution in [0.15, 0.2) is 44.9 Å². The van der Waals surface area contributed by atoms with Crippen LogP contribution in [-0.2, 0) is 12.8 Å². The first-order valence-corrected chi connectivity index (χ1v) is 11.5. The molecule has 1 atom stereocenters. The van der Waals surface area contributed by atoms with Gasteiger partial charge in [0.25, 0.3) is 11.4 Å². The first-order valence-electron chi connectivity index (χ1n) is 10.6. The summed E-state index contributed by atoms with van der Waals surface area (Å²) < 4.78 is 7.35. The number of rotatable bonds is 8. The lowest BCUT2D eigenvalue weighted by Gasteiger charge is -2.20. The zero-order valence-electron chi connectivity index (χ0n) is 18.3. The lowest BCUT2D eigenvalue weighted by Crippen LogP contribution is -2.30. The third-order valence-corrected chi connectivity index (χ3v) is 6.09. The van der Waals surface area contributed by atoms with Crippen molar-refractivity contribution in [1.82, 2.24) is 24.7 Å². The Morgan fingerprint density at radius 3 is 2.66 bits per heavy atom. The maximum absolute atomic E-state index is 13.6. The quantitative estimate of drug-likeness (QED) is 0.425. The van der Waals surface area contributed by atoms with Crippen molar-refractivity contribution in [2.75, 3.05) is 0 Å². The van der Waals surface area contributed by atoms with E-state index in [2.05, 4.69) is 27.1 Å². The molecule has 0 unspecified atom stereocenters. The van der Waals surface area contributed by atoms with Crippen molar-refractivity contribution in [2.45, 2.75) is 52.5 Å². The largest absolute Gasteiger partial charge is 0.493 e. The lowest BCUT2D eigenvalue weighted by molar-refractivity contribution is 0.431. The number of hydrogen-bond acceptors (Lipinski definition) is 8. The lowest BCUT2D eigenvalue weighted by atomic mass is 10.1. The molecule has 0 amide bonds. The van der Waals surface area contributed by atoms with E-state index in [1.165, 1.54) is 11.3 Å². The fraction of sp³-hybridized carbons (Fsp3) is 0.348. The van der Waals surface area contributed by atoms with Gasteiger partial charge in [-0.05, 0) is 25.8 Å². The van der Waals surface area contributed by atoms with E-state index in [9.17, 15) is 9.90 Å². The minimum Gasteiger partial charge on any atom is -0.493 e. The number of thiazole rings is 1. The number of benzene rings is 1. The summed E-state index contributed by atoms with van der Waals surface area (Å²) in [5, 5.41) is 21.6. The summed E-state index contributed by atoms with van der Waals surface area (Å²) in [6.45, 7) is 5.94. The normalized spacial score (nSPS) is 12.2. The second-order valence-corrected chi connectivity index (χ2v) is 8.69. The van der Waals surface area contributed by atoms with Crippen LogP contribution in [0, 0.1) is 6.92 Å². The highest BCUT2D eigenvalue weighted by Crippen LogP contribution is 2.27. The summed E-state index contributed by atoms with van der Waals surface area (Å²) in [5.74, 6) is 0.421. The van der Waals surface area contributed by atoms with Crippen LogP contribution in [0.3, 0.4) is 0 Å². The highest BCUT2D eigenvalue weighted by atomic mass is 32.1. The van der Waals surface area contributed by atoms with E-state index >= 15 is 0 Å². The molecule has 8 nitrogen and oxygen atoms in total. The number of aromatic hydroxyl groups is 1. The monoisotopic (exact) mass is 451 g/mol. The molecule has 0 aliphatic carbocycles. The van der Waals surface area contributed by atoms with Crippen LogP contribution in [0.25, 0.3) is 11.5 Å². The number of aromatic nitrogens is 5. The Balaban J connectivity index is 1.77. The van der Waals surface area contributed by atoms with E-state index in [1.54, 1.807) is 4.57 Å². The van der Waals surface area contributed by atoms with Gasteiger partial charge in [0.15, 0.2) is 5.56 Å². The Hall–Kier alpha value is -3.33. The summed E-state index contributed by atoms with van der Waals surface area (Å²) in [6.07, 6.45) is 2.73. The molecule has 0 aliphatic heterocycles. The summed E-state index contributed by atoms with van der Waals surface area (Å²) in [5.41, 5.74) is 1.30. The predicted molar refractivity (Wildman–Crippen MR) is 122 cm³/mol. The van der Waals surface area contributed by atoms with E-state index in [-0.39, 0.29) is 17.5 Å². The van der Waals surface area contributed by atoms with Crippen LogP contribution in [0.1, 0.15) is 60.7 Å². The molecule has 3 aromatic heterocycles. The second kappa shape index (κ2) is 9.44. The maximum Gasteiger partial charge on any atom is 0.270 e. The molecule has 0 saturated heterocycles. The zero-order valence-corrected chi connectivity index (χ0v) is 19.1. The molecular weight excluding hydrogens is 426 g/mol. The van der Waals surface area contributed by atoms with Gasteiger partial charge in [0.2, 0.25) is 11.8 Å². The van der Waals surface area contributed by atoms with Gasteiger partial charge < -0.3 is 9.52 Å². The Morgan fingerprint density at radius 1 is 1.19 bits per heavy atom. The van der Waals surface area contributed by atoms with Gasteiger partial charge in [-0.2, -0.15) is 4.98 Å². The Bertz CT molecular complexity index is 1260. The first-order chi connectivity index (χ1) is 15.5. The predicted octanol–water partition coefficient (Wildman–Crippen LogP) is 4.31. The van der Waals surface area contributed by atoms with Crippen molar-refractivity contribution in [3.8, 4) is 17.3 Å². The van der Waals surface area contributed by atoms with Gasteiger partial charge in [-0.1, -0.05) is 43.7 Å². The van der Waals surface area contributed by atoms with Gasteiger partial charge in [-0.3, -0.25) is 9.36 Å². The summed E-state index contributed by atoms with van der Waals surface area (Å²) in [4.78, 5) is 22.4. The minimum atomic E-state index is -0.403. The van der Waals surface area contributed by atoms with Crippen molar-refractivity contribution >= 4 is 11.3 Å². The molecule has 0 radical (unpaired) electrons. The van der Waals surface area contributed by atoms with Crippen LogP contribution in [0.4, 0.5) is 0 Å². The maximum atomic E-state index is 13.6. The third kappa shape index (κ3) is 4.47. The van der Waals surface area contributed by atoms with Crippen LogP contribution < -0.4 is 5.56 Å². The molecule has 0 bridgehead atoms. The highest BCUT2D eigenvalue weighted by Gasteiger charge is 2.25. The van der Waals surface area contributed by atoms with Crippen molar-refractivity contribution in [3.63, 3.8) is 0 Å². The molecule has 3 heterocycles. The number of aryl methyl sites for hydroxylation is 2. The van der Waals surface area contributed by atoms with Gasteiger partial charge in [0, 0.05) is 11.8 Å². The average molecular weight is 452 g/mol. The first kappa shape index (κ1) is 21.9. The van der Waals surface area contributed by atoms with E-state index in [0.29, 0.717) is 24.6 Å². The fourth-order valence-electron chi connectivity index (χ4n) is 3.61. The Labute approximate surface area is 189 Å². The van der Waals surface area contributed by atoms with Crippen molar-refractivity contribution < 1.29 is 9.52 Å². The van der Waals surface area contributed by atoms with Crippen molar-refractivity contribution in [2.24, 2.45) is 0 Å². The topological polar surface area (TPSA) is 107 Å². The number of unbranched alkanes of at least 4 members (excludes halogenated alkanes) is 1. The molecule has 9 heteroatoms. The molecule has 1 N–H and O–H groups in total. The highest BCUT2D eigenvalue weighted by molar-refractivity contribution is 7.09. The molecule has 0 aliphatic rings. The molecule has 166 valence electrons. The van der Waals surface area contributed by atoms with Crippen LogP contribution in [0.5, 0.6) is 5.88 Å². The van der Waals surface area contributed by atoms with Crippen LogP contribution in [0.2, 0.25) is 0 Å². The smallest absolute Gasteiger partial charge is 0.270 e. The molecule has 4 rings (SSSR count). The van der Waals surface area contributed by atoms with E-state index in [0.717, 1.165) is 29.1 Å². The van der Waals surface area contributed by atoms with Gasteiger partial charge in [0.05, 0.1) is 23.2 Å². The second-order valence-electron chi connectivity index (χ2n) is 7.63. The van der Waals surface area contributed by atoms with Crippen molar-refractivity contribution in [1.29, 1.82) is 0 Å². The zero-order chi connectivity index (χ0) is 22.7. The number of hydrogen-bond donors (Lipinski definition) is 1.